The van der Waals surface area contributed by atoms with Crippen molar-refractivity contribution < 1.29 is 29.6 Å². The number of methoxy groups -OCH3 is 1. The van der Waals surface area contributed by atoms with Crippen LogP contribution in [0.4, 0.5) is 0 Å². The van der Waals surface area contributed by atoms with Crippen LogP contribution in [0.15, 0.2) is 36.4 Å². The van der Waals surface area contributed by atoms with Crippen molar-refractivity contribution in [1.29, 1.82) is 0 Å². The normalized spacial score (nSPS) is 18.0. The number of carbonyl (C=O) groups excluding carboxylic acids is 1. The van der Waals surface area contributed by atoms with Crippen molar-refractivity contribution >= 4 is 11.9 Å². The third-order valence-electron chi connectivity index (χ3n) is 4.68. The summed E-state index contributed by atoms with van der Waals surface area (Å²) in [7, 11) is 1.41. The number of hydrogen-bond acceptors (Lipinski definition) is 6. The van der Waals surface area contributed by atoms with Crippen LogP contribution >= 0.6 is 0 Å². The lowest BCUT2D eigenvalue weighted by molar-refractivity contribution is -0.0421. The summed E-state index contributed by atoms with van der Waals surface area (Å²) in [5, 5.41) is 29.9. The van der Waals surface area contributed by atoms with Gasteiger partial charge in [-0.1, -0.05) is 18.2 Å². The Labute approximate surface area is 157 Å². The number of rotatable bonds is 4. The van der Waals surface area contributed by atoms with Gasteiger partial charge in [0.05, 0.1) is 13.2 Å². The minimum Gasteiger partial charge on any atom is -0.508 e. The molecule has 27 heavy (non-hydrogen) atoms. The topological polar surface area (TPSA) is 96.2 Å². The molecule has 0 radical (unpaired) electrons. The molecule has 0 spiro atoms. The lowest BCUT2D eigenvalue weighted by Crippen LogP contribution is -2.46. The van der Waals surface area contributed by atoms with Gasteiger partial charge >= 0.3 is 0 Å². The van der Waals surface area contributed by atoms with Crippen LogP contribution in [-0.2, 0) is 6.42 Å². The second-order valence-corrected chi connectivity index (χ2v) is 7.00. The average Bonchev–Trinajstić information content (AvgIpc) is 2.62. The minimum absolute atomic E-state index is 0.0875. The van der Waals surface area contributed by atoms with E-state index in [4.69, 9.17) is 9.47 Å². The Morgan fingerprint density at radius 3 is 2.56 bits per heavy atom. The molecule has 1 unspecified atom stereocenters. The molecule has 1 heterocycles. The van der Waals surface area contributed by atoms with E-state index in [2.05, 4.69) is 0 Å². The molecule has 1 aliphatic heterocycles. The molecule has 6 nitrogen and oxygen atoms in total. The Morgan fingerprint density at radius 2 is 1.93 bits per heavy atom. The zero-order chi connectivity index (χ0) is 19.8. The lowest BCUT2D eigenvalue weighted by atomic mass is 9.88. The highest BCUT2D eigenvalue weighted by molar-refractivity contribution is 6.11. The van der Waals surface area contributed by atoms with Gasteiger partial charge in [-0.05, 0) is 37.6 Å². The molecule has 2 aromatic rings. The van der Waals surface area contributed by atoms with Crippen LogP contribution in [-0.4, -0.2) is 39.9 Å². The number of aromatic hydroxyl groups is 2. The molecule has 2 aromatic carbocycles. The maximum Gasteiger partial charge on any atom is 0.193 e. The van der Waals surface area contributed by atoms with Crippen molar-refractivity contribution in [3.05, 3.63) is 53.1 Å². The average molecular weight is 370 g/mol. The summed E-state index contributed by atoms with van der Waals surface area (Å²) < 4.78 is 11.2. The predicted molar refractivity (Wildman–Crippen MR) is 101 cm³/mol. The molecular formula is C21H22O6. The maximum absolute atomic E-state index is 12.9. The number of aliphatic hydroxyl groups excluding tert-OH is 1. The van der Waals surface area contributed by atoms with Crippen LogP contribution in [0.3, 0.4) is 0 Å². The van der Waals surface area contributed by atoms with Crippen LogP contribution in [0.2, 0.25) is 0 Å². The molecule has 0 fully saturated rings. The van der Waals surface area contributed by atoms with Gasteiger partial charge in [-0.2, -0.15) is 0 Å². The molecule has 3 rings (SSSR count). The molecular weight excluding hydrogens is 348 g/mol. The highest BCUT2D eigenvalue weighted by Gasteiger charge is 2.39. The van der Waals surface area contributed by atoms with Gasteiger partial charge in [-0.25, -0.2) is 0 Å². The standard InChI is InChI=1S/C21H22O6/c1-21(2)18(25)10-14-16(24)11-17(26-3)19(20(14)27-21)15(23)9-6-12-4-7-13(22)8-5-12/h4-9,11,18,22,24-25H,10H2,1-3H3/b9-6+. The zero-order valence-electron chi connectivity index (χ0n) is 15.4. The number of ketones is 1. The van der Waals surface area contributed by atoms with Crippen LogP contribution in [0.5, 0.6) is 23.0 Å². The van der Waals surface area contributed by atoms with Gasteiger partial charge in [0, 0.05) is 18.1 Å². The van der Waals surface area contributed by atoms with Gasteiger partial charge in [-0.3, -0.25) is 4.79 Å². The van der Waals surface area contributed by atoms with E-state index < -0.39 is 11.7 Å². The van der Waals surface area contributed by atoms with E-state index in [0.29, 0.717) is 5.56 Å². The highest BCUT2D eigenvalue weighted by atomic mass is 16.5. The molecule has 6 heteroatoms. The fraction of sp³-hybridized carbons (Fsp3) is 0.286. The Bertz CT molecular complexity index is 896. The quantitative estimate of drug-likeness (QED) is 0.565. The van der Waals surface area contributed by atoms with Crippen LogP contribution < -0.4 is 9.47 Å². The molecule has 0 aliphatic carbocycles. The van der Waals surface area contributed by atoms with Crippen molar-refractivity contribution in [1.82, 2.24) is 0 Å². The zero-order valence-corrected chi connectivity index (χ0v) is 15.4. The number of fused-ring (bicyclic) bond motifs is 1. The van der Waals surface area contributed by atoms with E-state index >= 15 is 0 Å². The number of benzene rings is 2. The van der Waals surface area contributed by atoms with Gasteiger partial charge < -0.3 is 24.8 Å². The first-order chi connectivity index (χ1) is 12.7. The van der Waals surface area contributed by atoms with Crippen LogP contribution in [0, 0.1) is 0 Å². The summed E-state index contributed by atoms with van der Waals surface area (Å²) in [4.78, 5) is 12.9. The van der Waals surface area contributed by atoms with E-state index in [1.165, 1.54) is 31.4 Å². The van der Waals surface area contributed by atoms with E-state index in [1.54, 1.807) is 32.1 Å². The molecule has 0 aromatic heterocycles. The van der Waals surface area contributed by atoms with Gasteiger partial charge in [0.15, 0.2) is 5.78 Å². The summed E-state index contributed by atoms with van der Waals surface area (Å²) in [6, 6.07) is 7.77. The largest absolute Gasteiger partial charge is 0.508 e. The SMILES string of the molecule is COc1cc(O)c2c(c1C(=O)/C=C/c1ccc(O)cc1)OC(C)(C)C(O)C2. The van der Waals surface area contributed by atoms with Gasteiger partial charge in [0.25, 0.3) is 0 Å². The molecule has 1 atom stereocenters. The van der Waals surface area contributed by atoms with Crippen LogP contribution in [0.1, 0.15) is 35.3 Å². The summed E-state index contributed by atoms with van der Waals surface area (Å²) in [6.07, 6.45) is 2.34. The van der Waals surface area contributed by atoms with Crippen molar-refractivity contribution in [2.75, 3.05) is 7.11 Å². The van der Waals surface area contributed by atoms with E-state index in [1.807, 2.05) is 0 Å². The number of phenols is 2. The second-order valence-electron chi connectivity index (χ2n) is 7.00. The number of hydrogen-bond donors (Lipinski definition) is 3. The molecule has 0 bridgehead atoms. The van der Waals surface area contributed by atoms with E-state index in [0.717, 1.165) is 5.56 Å². The molecule has 0 amide bonds. The first kappa shape index (κ1) is 18.8. The molecule has 142 valence electrons. The van der Waals surface area contributed by atoms with Gasteiger partial charge in [-0.15, -0.1) is 0 Å². The fourth-order valence-corrected chi connectivity index (χ4v) is 2.98. The van der Waals surface area contributed by atoms with E-state index in [-0.39, 0.29) is 40.8 Å². The van der Waals surface area contributed by atoms with E-state index in [9.17, 15) is 20.1 Å². The van der Waals surface area contributed by atoms with Crippen molar-refractivity contribution in [2.45, 2.75) is 32.0 Å². The first-order valence-corrected chi connectivity index (χ1v) is 8.54. The lowest BCUT2D eigenvalue weighted by Gasteiger charge is -2.38. The number of allylic oxidation sites excluding steroid dienone is 1. The van der Waals surface area contributed by atoms with Gasteiger partial charge in [0.2, 0.25) is 0 Å². The molecule has 3 N–H and O–H groups in total. The third-order valence-corrected chi connectivity index (χ3v) is 4.68. The van der Waals surface area contributed by atoms with Crippen molar-refractivity contribution in [3.63, 3.8) is 0 Å². The van der Waals surface area contributed by atoms with Crippen molar-refractivity contribution in [3.8, 4) is 23.0 Å². The van der Waals surface area contributed by atoms with Gasteiger partial charge in [0.1, 0.15) is 34.2 Å². The summed E-state index contributed by atoms with van der Waals surface area (Å²) in [5.74, 6) is 0.113. The summed E-state index contributed by atoms with van der Waals surface area (Å²) in [5.41, 5.74) is 0.398. The number of ether oxygens (including phenoxy) is 2. The summed E-state index contributed by atoms with van der Waals surface area (Å²) in [6.45, 7) is 3.44. The smallest absolute Gasteiger partial charge is 0.193 e. The second kappa shape index (κ2) is 6.96. The number of aliphatic hydroxyl groups is 1. The maximum atomic E-state index is 12.9. The third kappa shape index (κ3) is 3.61. The predicted octanol–water partition coefficient (Wildman–Crippen LogP) is 3.08. The molecule has 1 aliphatic rings. The summed E-state index contributed by atoms with van der Waals surface area (Å²) >= 11 is 0. The highest BCUT2D eigenvalue weighted by Crippen LogP contribution is 2.45. The monoisotopic (exact) mass is 370 g/mol. The number of phenolic OH excluding ortho intramolecular Hbond substituents is 2. The molecule has 0 saturated heterocycles. The van der Waals surface area contributed by atoms with Crippen molar-refractivity contribution in [2.24, 2.45) is 0 Å². The Kier molecular flexibility index (Phi) is 4.85. The fourth-order valence-electron chi connectivity index (χ4n) is 2.98. The molecule has 0 saturated carbocycles. The van der Waals surface area contributed by atoms with Crippen LogP contribution in [0.25, 0.3) is 6.08 Å². The Balaban J connectivity index is 2.05. The number of carbonyl (C=O) groups is 1. The Morgan fingerprint density at radius 1 is 1.26 bits per heavy atom. The Hall–Kier alpha value is -2.99. The minimum atomic E-state index is -0.915. The first-order valence-electron chi connectivity index (χ1n) is 8.54.